The number of ether oxygens (including phenoxy) is 1. The number of alkyl carbamates (subject to hydrolysis) is 1. The highest BCUT2D eigenvalue weighted by Gasteiger charge is 2.38. The number of aromatic amines is 1. The van der Waals surface area contributed by atoms with Gasteiger partial charge in [-0.05, 0) is 29.8 Å². The van der Waals surface area contributed by atoms with E-state index >= 15 is 0 Å². The average Bonchev–Trinajstić information content (AvgIpc) is 2.78. The number of hydrogen-bond acceptors (Lipinski definition) is 5. The van der Waals surface area contributed by atoms with Crippen molar-refractivity contribution in [1.29, 1.82) is 0 Å². The van der Waals surface area contributed by atoms with Crippen LogP contribution in [0, 0.1) is 5.82 Å². The van der Waals surface area contributed by atoms with Crippen LogP contribution in [0.4, 0.5) is 9.18 Å². The first-order chi connectivity index (χ1) is 16.3. The Morgan fingerprint density at radius 2 is 1.86 bits per heavy atom. The predicted octanol–water partition coefficient (Wildman–Crippen LogP) is 6.36. The molecule has 1 aromatic carbocycles. The molecule has 0 spiro atoms. The van der Waals surface area contributed by atoms with Crippen molar-refractivity contribution in [2.75, 3.05) is 6.61 Å². The van der Waals surface area contributed by atoms with Crippen LogP contribution in [0.25, 0.3) is 10.8 Å². The molecule has 0 aliphatic heterocycles. The van der Waals surface area contributed by atoms with E-state index in [0.717, 1.165) is 5.56 Å². The van der Waals surface area contributed by atoms with Gasteiger partial charge in [-0.25, -0.2) is 14.2 Å². The van der Waals surface area contributed by atoms with E-state index in [2.05, 4.69) is 49.1 Å². The molecule has 0 saturated heterocycles. The summed E-state index contributed by atoms with van der Waals surface area (Å²) in [5.41, 5.74) is 0.368. The molecule has 0 radical (unpaired) electrons. The van der Waals surface area contributed by atoms with Crippen LogP contribution in [0.5, 0.6) is 0 Å². The number of H-pyrrole nitrogens is 1. The molecule has 188 valence electrons. The number of rotatable bonds is 7. The van der Waals surface area contributed by atoms with Gasteiger partial charge < -0.3 is 19.5 Å². The summed E-state index contributed by atoms with van der Waals surface area (Å²) < 4.78 is 26.4. The van der Waals surface area contributed by atoms with Crippen LogP contribution in [0.2, 0.25) is 28.4 Å². The normalized spacial score (nSPS) is 13.0. The van der Waals surface area contributed by atoms with E-state index in [-0.39, 0.29) is 39.9 Å². The van der Waals surface area contributed by atoms with Crippen molar-refractivity contribution < 1.29 is 18.3 Å². The minimum Gasteiger partial charge on any atom is -0.445 e. The maximum Gasteiger partial charge on any atom is 0.408 e. The number of nitrogens with one attached hydrogen (secondary N) is 2. The Morgan fingerprint density at radius 3 is 2.49 bits per heavy atom. The van der Waals surface area contributed by atoms with Gasteiger partial charge in [-0.3, -0.25) is 4.79 Å². The van der Waals surface area contributed by atoms with Gasteiger partial charge in [-0.2, -0.15) is 0 Å². The average molecular weight is 540 g/mol. The SMILES string of the molecule is CC(C)(C)[Si](C)(C)OCC(NC(=O)OCc1ccccc1)c1cc2c(F)c(Cl)nc(Cl)c2c(=O)[nH]1. The summed E-state index contributed by atoms with van der Waals surface area (Å²) in [5.74, 6) is -0.880. The van der Waals surface area contributed by atoms with E-state index in [1.807, 2.05) is 30.3 Å². The lowest BCUT2D eigenvalue weighted by Crippen LogP contribution is -2.44. The molecule has 0 saturated carbocycles. The zero-order chi connectivity index (χ0) is 26.0. The van der Waals surface area contributed by atoms with E-state index in [0.29, 0.717) is 0 Å². The van der Waals surface area contributed by atoms with Gasteiger partial charge in [0.15, 0.2) is 19.3 Å². The first kappa shape index (κ1) is 27.1. The Labute approximate surface area is 214 Å². The maximum atomic E-state index is 14.8. The molecule has 2 N–H and O–H groups in total. The standard InChI is InChI=1S/C24H28Cl2FN3O4Si/c1-24(2,3)35(4,5)34-13-17(29-23(32)33-12-14-9-7-6-8-10-14)16-11-15-18(22(31)28-16)20(25)30-21(26)19(15)27/h6-11,17H,12-13H2,1-5H3,(H,28,31)(H,29,32). The highest BCUT2D eigenvalue weighted by molar-refractivity contribution is 6.74. The van der Waals surface area contributed by atoms with Crippen molar-refractivity contribution >= 4 is 48.4 Å². The molecule has 0 aliphatic rings. The van der Waals surface area contributed by atoms with Crippen molar-refractivity contribution in [2.45, 2.75) is 51.6 Å². The van der Waals surface area contributed by atoms with Gasteiger partial charge in [0, 0.05) is 11.1 Å². The van der Waals surface area contributed by atoms with Crippen molar-refractivity contribution in [3.8, 4) is 0 Å². The first-order valence-electron chi connectivity index (χ1n) is 11.0. The molecule has 2 heterocycles. The number of nitrogens with zero attached hydrogens (tertiary/aromatic N) is 1. The lowest BCUT2D eigenvalue weighted by Gasteiger charge is -2.37. The van der Waals surface area contributed by atoms with Crippen LogP contribution in [0.1, 0.15) is 38.1 Å². The van der Waals surface area contributed by atoms with Crippen LogP contribution in [-0.2, 0) is 15.8 Å². The van der Waals surface area contributed by atoms with Gasteiger partial charge >= 0.3 is 6.09 Å². The monoisotopic (exact) mass is 539 g/mol. The third-order valence-corrected chi connectivity index (χ3v) is 11.2. The second-order valence-corrected chi connectivity index (χ2v) is 15.2. The Morgan fingerprint density at radius 1 is 1.20 bits per heavy atom. The fourth-order valence-electron chi connectivity index (χ4n) is 3.07. The van der Waals surface area contributed by atoms with Gasteiger partial charge in [0.2, 0.25) is 0 Å². The van der Waals surface area contributed by atoms with Gasteiger partial charge in [0.1, 0.15) is 11.8 Å². The largest absolute Gasteiger partial charge is 0.445 e. The molecule has 35 heavy (non-hydrogen) atoms. The van der Waals surface area contributed by atoms with Gasteiger partial charge in [0.05, 0.1) is 18.0 Å². The molecule has 1 amide bonds. The second-order valence-electron chi connectivity index (χ2n) is 9.68. The Kier molecular flexibility index (Phi) is 8.26. The fourth-order valence-corrected chi connectivity index (χ4v) is 4.59. The molecule has 2 aromatic heterocycles. The number of aromatic nitrogens is 2. The lowest BCUT2D eigenvalue weighted by molar-refractivity contribution is 0.129. The van der Waals surface area contributed by atoms with Crippen LogP contribution in [0.15, 0.2) is 41.2 Å². The summed E-state index contributed by atoms with van der Waals surface area (Å²) in [5, 5.41) is 1.72. The zero-order valence-electron chi connectivity index (χ0n) is 20.2. The van der Waals surface area contributed by atoms with Crippen LogP contribution >= 0.6 is 23.2 Å². The molecule has 11 heteroatoms. The number of pyridine rings is 2. The third kappa shape index (κ3) is 6.41. The highest BCUT2D eigenvalue weighted by atomic mass is 35.5. The molecular formula is C24H28Cl2FN3O4Si. The first-order valence-corrected chi connectivity index (χ1v) is 14.6. The summed E-state index contributed by atoms with van der Waals surface area (Å²) in [4.78, 5) is 31.8. The van der Waals surface area contributed by atoms with E-state index in [9.17, 15) is 14.0 Å². The predicted molar refractivity (Wildman–Crippen MR) is 138 cm³/mol. The summed E-state index contributed by atoms with van der Waals surface area (Å²) in [6.45, 7) is 10.5. The summed E-state index contributed by atoms with van der Waals surface area (Å²) in [6, 6.07) is 9.74. The van der Waals surface area contributed by atoms with Gasteiger partial charge in [-0.1, -0.05) is 74.3 Å². The maximum absolute atomic E-state index is 14.8. The van der Waals surface area contributed by atoms with Crippen molar-refractivity contribution in [1.82, 2.24) is 15.3 Å². The Balaban J connectivity index is 1.94. The number of halogens is 3. The molecule has 0 aliphatic carbocycles. The molecular weight excluding hydrogens is 512 g/mol. The van der Waals surface area contributed by atoms with Crippen LogP contribution in [-0.4, -0.2) is 31.0 Å². The Bertz CT molecular complexity index is 1280. The minimum atomic E-state index is -2.23. The molecule has 1 unspecified atom stereocenters. The van der Waals surface area contributed by atoms with Gasteiger partial charge in [0.25, 0.3) is 5.56 Å². The fraction of sp³-hybridized carbons (Fsp3) is 0.375. The topological polar surface area (TPSA) is 93.3 Å². The molecule has 3 aromatic rings. The van der Waals surface area contributed by atoms with Crippen molar-refractivity contribution in [2.24, 2.45) is 0 Å². The smallest absolute Gasteiger partial charge is 0.408 e. The number of hydrogen-bond donors (Lipinski definition) is 2. The Hall–Kier alpha value is -2.46. The van der Waals surface area contributed by atoms with E-state index in [1.165, 1.54) is 6.07 Å². The highest BCUT2D eigenvalue weighted by Crippen LogP contribution is 2.37. The summed E-state index contributed by atoms with van der Waals surface area (Å²) in [7, 11) is -2.23. The van der Waals surface area contributed by atoms with Crippen LogP contribution < -0.4 is 10.9 Å². The molecule has 0 fully saturated rings. The van der Waals surface area contributed by atoms with E-state index < -0.39 is 37.0 Å². The molecule has 7 nitrogen and oxygen atoms in total. The number of benzene rings is 1. The molecule has 1 atom stereocenters. The van der Waals surface area contributed by atoms with E-state index in [4.69, 9.17) is 32.4 Å². The lowest BCUT2D eigenvalue weighted by atomic mass is 10.1. The van der Waals surface area contributed by atoms with Gasteiger partial charge in [-0.15, -0.1) is 0 Å². The number of amides is 1. The molecule has 3 rings (SSSR count). The second kappa shape index (κ2) is 10.7. The van der Waals surface area contributed by atoms with E-state index in [1.54, 1.807) is 0 Å². The third-order valence-electron chi connectivity index (χ3n) is 6.17. The quantitative estimate of drug-likeness (QED) is 0.269. The summed E-state index contributed by atoms with van der Waals surface area (Å²) in [6.07, 6.45) is -0.718. The van der Waals surface area contributed by atoms with Crippen molar-refractivity contribution in [3.63, 3.8) is 0 Å². The van der Waals surface area contributed by atoms with Crippen LogP contribution in [0.3, 0.4) is 0 Å². The summed E-state index contributed by atoms with van der Waals surface area (Å²) >= 11 is 11.9. The number of carbonyl (C=O) groups is 1. The molecule has 0 bridgehead atoms. The zero-order valence-corrected chi connectivity index (χ0v) is 22.7. The number of fused-ring (bicyclic) bond motifs is 1. The minimum absolute atomic E-state index is 0.0343. The number of carbonyl (C=O) groups excluding carboxylic acids is 1. The van der Waals surface area contributed by atoms with Crippen molar-refractivity contribution in [3.05, 3.63) is 74.1 Å².